The van der Waals surface area contributed by atoms with Crippen LogP contribution >= 0.6 is 0 Å². The van der Waals surface area contributed by atoms with Crippen LogP contribution in [0.25, 0.3) is 11.3 Å². The number of rotatable bonds is 2. The Morgan fingerprint density at radius 1 is 1.26 bits per heavy atom. The van der Waals surface area contributed by atoms with E-state index in [4.69, 9.17) is 14.9 Å². The molecule has 19 heavy (non-hydrogen) atoms. The number of aromatic nitrogens is 1. The van der Waals surface area contributed by atoms with Crippen molar-refractivity contribution >= 4 is 6.01 Å². The van der Waals surface area contributed by atoms with Crippen LogP contribution in [-0.4, -0.2) is 12.1 Å². The van der Waals surface area contributed by atoms with Crippen molar-refractivity contribution in [2.75, 3.05) is 12.8 Å². The molecule has 0 aliphatic carbocycles. The predicted molar refractivity (Wildman–Crippen MR) is 76.3 cm³/mol. The number of aryl methyl sites for hydroxylation is 1. The molecule has 1 aromatic carbocycles. The van der Waals surface area contributed by atoms with E-state index in [1.54, 1.807) is 13.3 Å². The van der Waals surface area contributed by atoms with Crippen molar-refractivity contribution in [3.63, 3.8) is 0 Å². The van der Waals surface area contributed by atoms with Gasteiger partial charge in [0.1, 0.15) is 5.75 Å². The Kier molecular flexibility index (Phi) is 3.27. The monoisotopic (exact) mass is 260 g/mol. The summed E-state index contributed by atoms with van der Waals surface area (Å²) in [7, 11) is 1.67. The maximum absolute atomic E-state index is 5.59. The van der Waals surface area contributed by atoms with Crippen LogP contribution in [0.3, 0.4) is 0 Å². The van der Waals surface area contributed by atoms with Gasteiger partial charge in [0.05, 0.1) is 18.9 Å². The molecule has 2 rings (SSSR count). The minimum absolute atomic E-state index is 0.0162. The number of nitrogens with zero attached hydrogens (tertiary/aromatic N) is 1. The van der Waals surface area contributed by atoms with Gasteiger partial charge in [0.25, 0.3) is 6.01 Å². The third-order valence-corrected chi connectivity index (χ3v) is 3.03. The van der Waals surface area contributed by atoms with Crippen LogP contribution in [0.15, 0.2) is 22.7 Å². The van der Waals surface area contributed by atoms with E-state index >= 15 is 0 Å². The van der Waals surface area contributed by atoms with Gasteiger partial charge < -0.3 is 14.9 Å². The number of hydrogen-bond donors (Lipinski definition) is 1. The Labute approximate surface area is 113 Å². The molecule has 0 unspecified atom stereocenters. The minimum atomic E-state index is -0.0162. The van der Waals surface area contributed by atoms with Crippen LogP contribution in [0.5, 0.6) is 5.75 Å². The smallest absolute Gasteiger partial charge is 0.292 e. The second-order valence-electron chi connectivity index (χ2n) is 5.71. The van der Waals surface area contributed by atoms with Crippen LogP contribution in [0.1, 0.15) is 31.9 Å². The Balaban J connectivity index is 2.70. The number of ether oxygens (including phenoxy) is 1. The van der Waals surface area contributed by atoms with Gasteiger partial charge in [-0.05, 0) is 24.0 Å². The number of methoxy groups -OCH3 is 1. The maximum Gasteiger partial charge on any atom is 0.292 e. The lowest BCUT2D eigenvalue weighted by molar-refractivity contribution is 0.397. The second-order valence-corrected chi connectivity index (χ2v) is 5.71. The van der Waals surface area contributed by atoms with E-state index in [2.05, 4.69) is 38.7 Å². The fourth-order valence-corrected chi connectivity index (χ4v) is 2.15. The lowest BCUT2D eigenvalue weighted by atomic mass is 9.84. The number of nitrogens with two attached hydrogens (primary N) is 1. The molecule has 0 atom stereocenters. The summed E-state index contributed by atoms with van der Waals surface area (Å²) >= 11 is 0. The summed E-state index contributed by atoms with van der Waals surface area (Å²) in [6, 6.07) is 4.33. The van der Waals surface area contributed by atoms with E-state index in [1.165, 1.54) is 0 Å². The van der Waals surface area contributed by atoms with Gasteiger partial charge in [-0.2, -0.15) is 0 Å². The quantitative estimate of drug-likeness (QED) is 0.897. The first-order chi connectivity index (χ1) is 8.82. The molecule has 4 nitrogen and oxygen atoms in total. The molecule has 0 radical (unpaired) electrons. The lowest BCUT2D eigenvalue weighted by Crippen LogP contribution is -2.13. The molecule has 2 aromatic rings. The average molecular weight is 260 g/mol. The summed E-state index contributed by atoms with van der Waals surface area (Å²) in [5.41, 5.74) is 8.71. The fourth-order valence-electron chi connectivity index (χ4n) is 2.15. The maximum atomic E-state index is 5.59. The van der Waals surface area contributed by atoms with Gasteiger partial charge in [-0.1, -0.05) is 26.8 Å². The first-order valence-electron chi connectivity index (χ1n) is 6.23. The first kappa shape index (κ1) is 13.5. The highest BCUT2D eigenvalue weighted by atomic mass is 16.5. The average Bonchev–Trinajstić information content (AvgIpc) is 2.73. The molecule has 102 valence electrons. The molecule has 4 heteroatoms. The SMILES string of the molecule is COc1c(-c2cnc(N)o2)cc(C)cc1C(C)(C)C. The fraction of sp³-hybridized carbons (Fsp3) is 0.400. The van der Waals surface area contributed by atoms with Crippen LogP contribution in [0.2, 0.25) is 0 Å². The normalized spacial score (nSPS) is 11.6. The molecule has 0 saturated carbocycles. The van der Waals surface area contributed by atoms with Gasteiger partial charge in [-0.15, -0.1) is 0 Å². The third-order valence-electron chi connectivity index (χ3n) is 3.03. The van der Waals surface area contributed by atoms with Crippen LogP contribution < -0.4 is 10.5 Å². The van der Waals surface area contributed by atoms with Crippen LogP contribution in [-0.2, 0) is 5.41 Å². The number of nitrogen functional groups attached to an aromatic ring is 1. The van der Waals surface area contributed by atoms with Crippen molar-refractivity contribution in [2.45, 2.75) is 33.1 Å². The summed E-state index contributed by atoms with van der Waals surface area (Å²) < 4.78 is 11.0. The van der Waals surface area contributed by atoms with Crippen molar-refractivity contribution in [1.82, 2.24) is 4.98 Å². The summed E-state index contributed by atoms with van der Waals surface area (Å²) in [4.78, 5) is 3.95. The number of anilines is 1. The molecule has 0 spiro atoms. The summed E-state index contributed by atoms with van der Waals surface area (Å²) in [5.74, 6) is 1.44. The molecule has 1 aromatic heterocycles. The van der Waals surface area contributed by atoms with Crippen molar-refractivity contribution in [3.8, 4) is 17.1 Å². The molecule has 1 heterocycles. The highest BCUT2D eigenvalue weighted by molar-refractivity contribution is 5.70. The summed E-state index contributed by atoms with van der Waals surface area (Å²) in [6.07, 6.45) is 1.62. The summed E-state index contributed by atoms with van der Waals surface area (Å²) in [5, 5.41) is 0. The second kappa shape index (κ2) is 4.61. The summed E-state index contributed by atoms with van der Waals surface area (Å²) in [6.45, 7) is 8.52. The van der Waals surface area contributed by atoms with E-state index in [0.717, 1.165) is 22.4 Å². The lowest BCUT2D eigenvalue weighted by Gasteiger charge is -2.24. The van der Waals surface area contributed by atoms with E-state index < -0.39 is 0 Å². The molecular weight excluding hydrogens is 240 g/mol. The zero-order valence-electron chi connectivity index (χ0n) is 12.1. The van der Waals surface area contributed by atoms with Crippen molar-refractivity contribution in [1.29, 1.82) is 0 Å². The Bertz CT molecular complexity index is 595. The van der Waals surface area contributed by atoms with Gasteiger partial charge in [0.2, 0.25) is 0 Å². The third kappa shape index (κ3) is 2.57. The molecule has 2 N–H and O–H groups in total. The molecule has 0 fully saturated rings. The predicted octanol–water partition coefficient (Wildman–Crippen LogP) is 3.54. The molecule has 0 aliphatic heterocycles. The van der Waals surface area contributed by atoms with Gasteiger partial charge in [0, 0.05) is 5.56 Å². The molecule has 0 bridgehead atoms. The molecule has 0 amide bonds. The zero-order chi connectivity index (χ0) is 14.2. The van der Waals surface area contributed by atoms with Gasteiger partial charge >= 0.3 is 0 Å². The minimum Gasteiger partial charge on any atom is -0.496 e. The molecule has 0 aliphatic rings. The van der Waals surface area contributed by atoms with Crippen LogP contribution in [0.4, 0.5) is 6.01 Å². The van der Waals surface area contributed by atoms with E-state index in [1.807, 2.05) is 6.07 Å². The number of benzene rings is 1. The highest BCUT2D eigenvalue weighted by Gasteiger charge is 2.23. The zero-order valence-corrected chi connectivity index (χ0v) is 12.1. The van der Waals surface area contributed by atoms with Crippen molar-refractivity contribution in [3.05, 3.63) is 29.5 Å². The molecule has 0 saturated heterocycles. The topological polar surface area (TPSA) is 61.3 Å². The Hall–Kier alpha value is -1.97. The first-order valence-corrected chi connectivity index (χ1v) is 6.23. The highest BCUT2D eigenvalue weighted by Crippen LogP contribution is 2.40. The van der Waals surface area contributed by atoms with Gasteiger partial charge in [-0.3, -0.25) is 0 Å². The van der Waals surface area contributed by atoms with Gasteiger partial charge in [-0.25, -0.2) is 4.98 Å². The number of hydrogen-bond acceptors (Lipinski definition) is 4. The Morgan fingerprint density at radius 2 is 1.95 bits per heavy atom. The van der Waals surface area contributed by atoms with Crippen molar-refractivity contribution in [2.24, 2.45) is 0 Å². The van der Waals surface area contributed by atoms with E-state index in [-0.39, 0.29) is 11.4 Å². The van der Waals surface area contributed by atoms with Crippen LogP contribution in [0, 0.1) is 6.92 Å². The van der Waals surface area contributed by atoms with Gasteiger partial charge in [0.15, 0.2) is 5.76 Å². The largest absolute Gasteiger partial charge is 0.496 e. The Morgan fingerprint density at radius 3 is 2.42 bits per heavy atom. The number of oxazole rings is 1. The van der Waals surface area contributed by atoms with Crippen molar-refractivity contribution < 1.29 is 9.15 Å². The standard InChI is InChI=1S/C15H20N2O2/c1-9-6-10(12-8-17-14(16)19-12)13(18-5)11(7-9)15(2,3)4/h6-8H,1-5H3,(H2,16,17). The van der Waals surface area contributed by atoms with E-state index in [0.29, 0.717) is 5.76 Å². The molecular formula is C15H20N2O2. The van der Waals surface area contributed by atoms with E-state index in [9.17, 15) is 0 Å².